The molecule has 0 bridgehead atoms. The van der Waals surface area contributed by atoms with Crippen LogP contribution < -0.4 is 5.32 Å². The largest absolute Gasteiger partial charge is 0.361 e. The molecule has 3 rings (SSSR count). The minimum atomic E-state index is -0.0507. The summed E-state index contributed by atoms with van der Waals surface area (Å²) in [6.07, 6.45) is 0.228. The number of aryl methyl sites for hydroxylation is 2. The van der Waals surface area contributed by atoms with Crippen molar-refractivity contribution in [1.82, 2.24) is 15.0 Å². The SMILES string of the molecule is Cc1cc(CC(=O)NCCn2c(C)cc3ccccc32)on1. The number of nitrogens with one attached hydrogen (secondary N) is 1. The van der Waals surface area contributed by atoms with E-state index in [4.69, 9.17) is 4.52 Å². The molecule has 0 radical (unpaired) electrons. The summed E-state index contributed by atoms with van der Waals surface area (Å²) in [5, 5.41) is 7.93. The Kier molecular flexibility index (Phi) is 3.96. The van der Waals surface area contributed by atoms with Crippen LogP contribution in [0.3, 0.4) is 0 Å². The number of benzene rings is 1. The highest BCUT2D eigenvalue weighted by Crippen LogP contribution is 2.18. The molecule has 5 heteroatoms. The lowest BCUT2D eigenvalue weighted by Gasteiger charge is -2.09. The van der Waals surface area contributed by atoms with E-state index in [9.17, 15) is 4.79 Å². The van der Waals surface area contributed by atoms with E-state index in [0.717, 1.165) is 12.2 Å². The lowest BCUT2D eigenvalue weighted by molar-refractivity contribution is -0.120. The highest BCUT2D eigenvalue weighted by Gasteiger charge is 2.09. The molecular weight excluding hydrogens is 278 g/mol. The van der Waals surface area contributed by atoms with Gasteiger partial charge in [0.1, 0.15) is 5.76 Å². The van der Waals surface area contributed by atoms with E-state index in [2.05, 4.69) is 40.2 Å². The van der Waals surface area contributed by atoms with E-state index in [1.54, 1.807) is 6.07 Å². The van der Waals surface area contributed by atoms with Crippen molar-refractivity contribution < 1.29 is 9.32 Å². The average molecular weight is 297 g/mol. The van der Waals surface area contributed by atoms with E-state index in [0.29, 0.717) is 12.3 Å². The molecule has 0 fully saturated rings. The summed E-state index contributed by atoms with van der Waals surface area (Å²) in [5.74, 6) is 0.544. The Morgan fingerprint density at radius 3 is 2.86 bits per heavy atom. The topological polar surface area (TPSA) is 60.1 Å². The summed E-state index contributed by atoms with van der Waals surface area (Å²) in [7, 11) is 0. The second-order valence-electron chi connectivity index (χ2n) is 5.46. The first-order valence-electron chi connectivity index (χ1n) is 7.37. The van der Waals surface area contributed by atoms with Gasteiger partial charge in [-0.25, -0.2) is 0 Å². The van der Waals surface area contributed by atoms with Crippen LogP contribution in [0, 0.1) is 13.8 Å². The van der Waals surface area contributed by atoms with Gasteiger partial charge in [-0.2, -0.15) is 0 Å². The van der Waals surface area contributed by atoms with Crippen LogP contribution in [0.5, 0.6) is 0 Å². The number of carbonyl (C=O) groups is 1. The fourth-order valence-electron chi connectivity index (χ4n) is 2.67. The number of aromatic nitrogens is 2. The van der Waals surface area contributed by atoms with Crippen molar-refractivity contribution in [1.29, 1.82) is 0 Å². The van der Waals surface area contributed by atoms with Crippen LogP contribution in [0.15, 0.2) is 40.9 Å². The number of fused-ring (bicyclic) bond motifs is 1. The standard InChI is InChI=1S/C17H19N3O2/c1-12-9-15(22-19-12)11-17(21)18-7-8-20-13(2)10-14-5-3-4-6-16(14)20/h3-6,9-10H,7-8,11H2,1-2H3,(H,18,21). The second-order valence-corrected chi connectivity index (χ2v) is 5.46. The normalized spacial score (nSPS) is 11.0. The minimum Gasteiger partial charge on any atom is -0.361 e. The monoisotopic (exact) mass is 297 g/mol. The van der Waals surface area contributed by atoms with E-state index >= 15 is 0 Å². The highest BCUT2D eigenvalue weighted by molar-refractivity contribution is 5.81. The van der Waals surface area contributed by atoms with Crippen molar-refractivity contribution in [3.05, 3.63) is 53.5 Å². The van der Waals surface area contributed by atoms with Crippen LogP contribution in [0.4, 0.5) is 0 Å². The molecular formula is C17H19N3O2. The molecule has 0 aliphatic heterocycles. The molecule has 1 N–H and O–H groups in total. The zero-order valence-corrected chi connectivity index (χ0v) is 12.8. The molecule has 1 amide bonds. The molecule has 22 heavy (non-hydrogen) atoms. The van der Waals surface area contributed by atoms with Gasteiger partial charge in [0.25, 0.3) is 0 Å². The maximum absolute atomic E-state index is 11.9. The van der Waals surface area contributed by atoms with Gasteiger partial charge >= 0.3 is 0 Å². The zero-order chi connectivity index (χ0) is 15.5. The molecule has 0 aliphatic carbocycles. The van der Waals surface area contributed by atoms with Gasteiger partial charge in [-0.3, -0.25) is 4.79 Å². The van der Waals surface area contributed by atoms with E-state index < -0.39 is 0 Å². The Balaban J connectivity index is 1.58. The molecule has 2 heterocycles. The van der Waals surface area contributed by atoms with Gasteiger partial charge in [-0.1, -0.05) is 23.4 Å². The fraction of sp³-hybridized carbons (Fsp3) is 0.294. The first-order chi connectivity index (χ1) is 10.6. The van der Waals surface area contributed by atoms with Gasteiger partial charge in [-0.15, -0.1) is 0 Å². The Labute approximate surface area is 128 Å². The van der Waals surface area contributed by atoms with Gasteiger partial charge in [0, 0.05) is 30.4 Å². The Bertz CT molecular complexity index is 801. The first-order valence-corrected chi connectivity index (χ1v) is 7.37. The number of nitrogens with zero attached hydrogens (tertiary/aromatic N) is 2. The summed E-state index contributed by atoms with van der Waals surface area (Å²) >= 11 is 0. The van der Waals surface area contributed by atoms with E-state index in [1.807, 2.05) is 19.1 Å². The highest BCUT2D eigenvalue weighted by atomic mass is 16.5. The Hall–Kier alpha value is -2.56. The molecule has 0 aliphatic rings. The Morgan fingerprint density at radius 1 is 1.27 bits per heavy atom. The molecule has 0 unspecified atom stereocenters. The molecule has 1 aromatic carbocycles. The van der Waals surface area contributed by atoms with Crippen LogP contribution in [0.2, 0.25) is 0 Å². The van der Waals surface area contributed by atoms with Gasteiger partial charge in [0.05, 0.1) is 12.1 Å². The molecule has 2 aromatic heterocycles. The van der Waals surface area contributed by atoms with Gasteiger partial charge in [0.2, 0.25) is 5.91 Å². The van der Waals surface area contributed by atoms with E-state index in [-0.39, 0.29) is 12.3 Å². The third-order valence-corrected chi connectivity index (χ3v) is 3.69. The number of para-hydroxylation sites is 1. The third kappa shape index (κ3) is 3.03. The Morgan fingerprint density at radius 2 is 2.09 bits per heavy atom. The minimum absolute atomic E-state index is 0.0507. The number of hydrogen-bond acceptors (Lipinski definition) is 3. The summed E-state index contributed by atoms with van der Waals surface area (Å²) in [6, 6.07) is 12.2. The average Bonchev–Trinajstić information content (AvgIpc) is 3.03. The van der Waals surface area contributed by atoms with Crippen LogP contribution in [-0.4, -0.2) is 22.2 Å². The van der Waals surface area contributed by atoms with Crippen LogP contribution >= 0.6 is 0 Å². The molecule has 3 aromatic rings. The number of rotatable bonds is 5. The maximum atomic E-state index is 11.9. The summed E-state index contributed by atoms with van der Waals surface area (Å²) in [5.41, 5.74) is 3.18. The van der Waals surface area contributed by atoms with Crippen molar-refractivity contribution in [2.24, 2.45) is 0 Å². The van der Waals surface area contributed by atoms with Gasteiger partial charge in [0.15, 0.2) is 0 Å². The lowest BCUT2D eigenvalue weighted by atomic mass is 10.2. The van der Waals surface area contributed by atoms with Crippen LogP contribution in [0.1, 0.15) is 17.1 Å². The molecule has 0 saturated carbocycles. The van der Waals surface area contributed by atoms with Gasteiger partial charge in [-0.05, 0) is 31.4 Å². The summed E-state index contributed by atoms with van der Waals surface area (Å²) < 4.78 is 7.26. The maximum Gasteiger partial charge on any atom is 0.227 e. The number of hydrogen-bond donors (Lipinski definition) is 1. The molecule has 0 saturated heterocycles. The number of amides is 1. The lowest BCUT2D eigenvalue weighted by Crippen LogP contribution is -2.28. The molecule has 5 nitrogen and oxygen atoms in total. The third-order valence-electron chi connectivity index (χ3n) is 3.69. The first kappa shape index (κ1) is 14.4. The molecule has 0 spiro atoms. The predicted octanol–water partition coefficient (Wildman–Crippen LogP) is 2.61. The summed E-state index contributed by atoms with van der Waals surface area (Å²) in [6.45, 7) is 5.26. The predicted molar refractivity (Wildman–Crippen MR) is 84.6 cm³/mol. The molecule has 114 valence electrons. The quantitative estimate of drug-likeness (QED) is 0.787. The van der Waals surface area contributed by atoms with Crippen molar-refractivity contribution in [3.63, 3.8) is 0 Å². The molecule has 0 atom stereocenters. The van der Waals surface area contributed by atoms with Crippen molar-refractivity contribution in [2.45, 2.75) is 26.8 Å². The van der Waals surface area contributed by atoms with Crippen molar-refractivity contribution in [2.75, 3.05) is 6.54 Å². The second kappa shape index (κ2) is 6.05. The zero-order valence-electron chi connectivity index (χ0n) is 12.8. The fourth-order valence-corrected chi connectivity index (χ4v) is 2.67. The van der Waals surface area contributed by atoms with Crippen molar-refractivity contribution >= 4 is 16.8 Å². The smallest absolute Gasteiger partial charge is 0.227 e. The summed E-state index contributed by atoms with van der Waals surface area (Å²) in [4.78, 5) is 11.9. The van der Waals surface area contributed by atoms with Crippen LogP contribution in [-0.2, 0) is 17.8 Å². The van der Waals surface area contributed by atoms with E-state index in [1.165, 1.54) is 16.6 Å². The van der Waals surface area contributed by atoms with Gasteiger partial charge < -0.3 is 14.4 Å². The van der Waals surface area contributed by atoms with Crippen molar-refractivity contribution in [3.8, 4) is 0 Å². The number of carbonyl (C=O) groups excluding carboxylic acids is 1. The van der Waals surface area contributed by atoms with Crippen LogP contribution in [0.25, 0.3) is 10.9 Å².